The number of amides is 1. The zero-order valence-corrected chi connectivity index (χ0v) is 18.3. The monoisotopic (exact) mass is 431 g/mol. The standard InChI is InChI=1S/C20H25N5O2S2/c1-12(2)10-25-16(6-8-21-25)24-17(26)7-9-28-11-15-22-19(27)18-13-4-3-5-14(13)29-20(18)23-15/h6,8,12H,3-5,7,9-11H2,1-2H3,(H,24,26)(H,22,23,27). The Kier molecular flexibility index (Phi) is 6.05. The Morgan fingerprint density at radius 3 is 3.10 bits per heavy atom. The molecule has 29 heavy (non-hydrogen) atoms. The van der Waals surface area contributed by atoms with Gasteiger partial charge in [-0.05, 0) is 30.7 Å². The molecule has 1 amide bonds. The van der Waals surface area contributed by atoms with E-state index in [9.17, 15) is 9.59 Å². The minimum Gasteiger partial charge on any atom is -0.311 e. The number of carbonyl (C=O) groups excluding carboxylic acids is 1. The zero-order chi connectivity index (χ0) is 20.4. The second-order valence-corrected chi connectivity index (χ2v) is 9.88. The number of aromatic nitrogens is 4. The molecule has 0 fully saturated rings. The molecule has 1 aliphatic carbocycles. The number of hydrogen-bond donors (Lipinski definition) is 2. The summed E-state index contributed by atoms with van der Waals surface area (Å²) >= 11 is 3.25. The van der Waals surface area contributed by atoms with E-state index in [4.69, 9.17) is 0 Å². The van der Waals surface area contributed by atoms with Gasteiger partial charge in [0.05, 0.1) is 17.3 Å². The van der Waals surface area contributed by atoms with Crippen molar-refractivity contribution in [2.24, 2.45) is 5.92 Å². The highest BCUT2D eigenvalue weighted by molar-refractivity contribution is 7.98. The van der Waals surface area contributed by atoms with E-state index in [1.165, 1.54) is 10.4 Å². The predicted molar refractivity (Wildman–Crippen MR) is 119 cm³/mol. The Balaban J connectivity index is 1.29. The van der Waals surface area contributed by atoms with Crippen LogP contribution in [-0.4, -0.2) is 31.4 Å². The van der Waals surface area contributed by atoms with Crippen LogP contribution in [0.5, 0.6) is 0 Å². The minimum absolute atomic E-state index is 0.0267. The number of thioether (sulfide) groups is 1. The summed E-state index contributed by atoms with van der Waals surface area (Å²) in [6.07, 6.45) is 5.28. The van der Waals surface area contributed by atoms with Crippen LogP contribution in [0, 0.1) is 5.92 Å². The summed E-state index contributed by atoms with van der Waals surface area (Å²) in [6, 6.07) is 1.82. The molecule has 4 rings (SSSR count). The highest BCUT2D eigenvalue weighted by atomic mass is 32.2. The van der Waals surface area contributed by atoms with Crippen molar-refractivity contribution in [3.8, 4) is 0 Å². The molecule has 0 radical (unpaired) electrons. The maximum atomic E-state index is 12.5. The Hall–Kier alpha value is -2.13. The minimum atomic E-state index is -0.0328. The molecule has 0 saturated carbocycles. The summed E-state index contributed by atoms with van der Waals surface area (Å²) < 4.78 is 1.82. The summed E-state index contributed by atoms with van der Waals surface area (Å²) in [6.45, 7) is 5.00. The topological polar surface area (TPSA) is 92.7 Å². The normalized spacial score (nSPS) is 13.3. The fourth-order valence-corrected chi connectivity index (χ4v) is 5.67. The summed E-state index contributed by atoms with van der Waals surface area (Å²) in [5.74, 6) is 3.09. The molecule has 0 spiro atoms. The van der Waals surface area contributed by atoms with Crippen LogP contribution in [0.4, 0.5) is 5.82 Å². The lowest BCUT2D eigenvalue weighted by Gasteiger charge is -2.10. The lowest BCUT2D eigenvalue weighted by molar-refractivity contribution is -0.115. The molecule has 0 bridgehead atoms. The molecular formula is C20H25N5O2S2. The van der Waals surface area contributed by atoms with Crippen molar-refractivity contribution < 1.29 is 4.79 Å². The maximum absolute atomic E-state index is 12.5. The first-order valence-corrected chi connectivity index (χ1v) is 11.9. The SMILES string of the molecule is CC(C)Cn1nccc1NC(=O)CCSCc1nc2sc3c(c2c(=O)[nH]1)CCC3. The molecule has 1 aliphatic rings. The second kappa shape index (κ2) is 8.71. The molecule has 9 heteroatoms. The number of nitrogens with zero attached hydrogens (tertiary/aromatic N) is 3. The summed E-state index contributed by atoms with van der Waals surface area (Å²) in [4.78, 5) is 34.4. The van der Waals surface area contributed by atoms with Crippen LogP contribution in [0.25, 0.3) is 10.2 Å². The fraction of sp³-hybridized carbons (Fsp3) is 0.500. The van der Waals surface area contributed by atoms with Crippen LogP contribution in [-0.2, 0) is 29.9 Å². The molecule has 0 aliphatic heterocycles. The van der Waals surface area contributed by atoms with Crippen molar-refractivity contribution in [2.45, 2.75) is 51.8 Å². The van der Waals surface area contributed by atoms with Crippen molar-refractivity contribution >= 4 is 45.0 Å². The van der Waals surface area contributed by atoms with Gasteiger partial charge in [0.25, 0.3) is 5.56 Å². The Morgan fingerprint density at radius 1 is 1.41 bits per heavy atom. The van der Waals surface area contributed by atoms with E-state index in [1.54, 1.807) is 29.3 Å². The Labute approximate surface area is 177 Å². The van der Waals surface area contributed by atoms with E-state index in [-0.39, 0.29) is 11.5 Å². The molecule has 0 aromatic carbocycles. The van der Waals surface area contributed by atoms with Gasteiger partial charge in [-0.3, -0.25) is 9.59 Å². The van der Waals surface area contributed by atoms with Crippen LogP contribution in [0.3, 0.4) is 0 Å². The van der Waals surface area contributed by atoms with E-state index < -0.39 is 0 Å². The van der Waals surface area contributed by atoms with Crippen molar-refractivity contribution in [3.63, 3.8) is 0 Å². The number of nitrogens with one attached hydrogen (secondary N) is 2. The number of fused-ring (bicyclic) bond motifs is 3. The first kappa shape index (κ1) is 20.2. The smallest absolute Gasteiger partial charge is 0.259 e. The largest absolute Gasteiger partial charge is 0.311 e. The molecule has 0 saturated heterocycles. The van der Waals surface area contributed by atoms with Crippen molar-refractivity contribution in [2.75, 3.05) is 11.1 Å². The highest BCUT2D eigenvalue weighted by Crippen LogP contribution is 2.34. The highest BCUT2D eigenvalue weighted by Gasteiger charge is 2.21. The van der Waals surface area contributed by atoms with E-state index in [0.717, 1.165) is 41.8 Å². The number of anilines is 1. The van der Waals surface area contributed by atoms with Crippen LogP contribution >= 0.6 is 23.1 Å². The van der Waals surface area contributed by atoms with Crippen molar-refractivity contribution in [1.29, 1.82) is 0 Å². The van der Waals surface area contributed by atoms with E-state index in [1.807, 2.05) is 10.7 Å². The number of hydrogen-bond acceptors (Lipinski definition) is 6. The van der Waals surface area contributed by atoms with Crippen molar-refractivity contribution in [3.05, 3.63) is 38.9 Å². The van der Waals surface area contributed by atoms with Gasteiger partial charge < -0.3 is 10.3 Å². The number of carbonyl (C=O) groups is 1. The lowest BCUT2D eigenvalue weighted by Crippen LogP contribution is -2.17. The van der Waals surface area contributed by atoms with Crippen LogP contribution < -0.4 is 10.9 Å². The van der Waals surface area contributed by atoms with Gasteiger partial charge in [0.2, 0.25) is 5.91 Å². The molecule has 154 valence electrons. The quantitative estimate of drug-likeness (QED) is 0.532. The summed E-state index contributed by atoms with van der Waals surface area (Å²) in [5.41, 5.74) is 1.17. The number of H-pyrrole nitrogens is 1. The maximum Gasteiger partial charge on any atom is 0.259 e. The van der Waals surface area contributed by atoms with Crippen LogP contribution in [0.2, 0.25) is 0 Å². The zero-order valence-electron chi connectivity index (χ0n) is 16.7. The Bertz CT molecular complexity index is 1080. The molecule has 0 atom stereocenters. The molecule has 3 heterocycles. The number of thiophene rings is 1. The van der Waals surface area contributed by atoms with Crippen LogP contribution in [0.1, 0.15) is 43.0 Å². The van der Waals surface area contributed by atoms with Gasteiger partial charge in [-0.2, -0.15) is 16.9 Å². The third kappa shape index (κ3) is 4.56. The first-order chi connectivity index (χ1) is 14.0. The fourth-order valence-electron chi connectivity index (χ4n) is 3.58. The lowest BCUT2D eigenvalue weighted by atomic mass is 10.2. The molecule has 3 aromatic rings. The van der Waals surface area contributed by atoms with E-state index >= 15 is 0 Å². The predicted octanol–water partition coefficient (Wildman–Crippen LogP) is 3.59. The van der Waals surface area contributed by atoms with Gasteiger partial charge >= 0.3 is 0 Å². The third-order valence-corrected chi connectivity index (χ3v) is 7.01. The average molecular weight is 432 g/mol. The number of rotatable bonds is 8. The molecule has 2 N–H and O–H groups in total. The first-order valence-electron chi connectivity index (χ1n) is 9.94. The van der Waals surface area contributed by atoms with Gasteiger partial charge in [0.1, 0.15) is 16.5 Å². The molecule has 3 aromatic heterocycles. The summed E-state index contributed by atoms with van der Waals surface area (Å²) in [7, 11) is 0. The molecule has 7 nitrogen and oxygen atoms in total. The average Bonchev–Trinajstić information content (AvgIpc) is 3.35. The van der Waals surface area contributed by atoms with Gasteiger partial charge in [-0.1, -0.05) is 13.8 Å². The second-order valence-electron chi connectivity index (χ2n) is 7.69. The van der Waals surface area contributed by atoms with Gasteiger partial charge in [0.15, 0.2) is 0 Å². The van der Waals surface area contributed by atoms with Crippen molar-refractivity contribution in [1.82, 2.24) is 19.7 Å². The van der Waals surface area contributed by atoms with E-state index in [0.29, 0.717) is 29.7 Å². The van der Waals surface area contributed by atoms with Gasteiger partial charge in [-0.15, -0.1) is 11.3 Å². The third-order valence-electron chi connectivity index (χ3n) is 4.86. The summed E-state index contributed by atoms with van der Waals surface area (Å²) in [5, 5.41) is 7.96. The van der Waals surface area contributed by atoms with Gasteiger partial charge in [0, 0.05) is 29.7 Å². The molecule has 0 unspecified atom stereocenters. The van der Waals surface area contributed by atoms with Gasteiger partial charge in [-0.25, -0.2) is 9.67 Å². The number of aryl methyl sites for hydroxylation is 2. The van der Waals surface area contributed by atoms with Crippen LogP contribution in [0.15, 0.2) is 17.1 Å². The molecular weight excluding hydrogens is 406 g/mol. The van der Waals surface area contributed by atoms with E-state index in [2.05, 4.69) is 34.2 Å². The number of aromatic amines is 1. The Morgan fingerprint density at radius 2 is 2.28 bits per heavy atom.